The molecule has 0 fully saturated rings. The number of rotatable bonds is 9. The van der Waals surface area contributed by atoms with E-state index in [-0.39, 0.29) is 18.9 Å². The fourth-order valence-corrected chi connectivity index (χ4v) is 3.76. The highest BCUT2D eigenvalue weighted by molar-refractivity contribution is 7.13. The number of amides is 1. The molecule has 0 radical (unpaired) electrons. The maximum absolute atomic E-state index is 12.4. The number of aryl methyl sites for hydroxylation is 1. The van der Waals surface area contributed by atoms with E-state index in [0.29, 0.717) is 29.8 Å². The van der Waals surface area contributed by atoms with Gasteiger partial charge in [-0.05, 0) is 55.5 Å². The van der Waals surface area contributed by atoms with Crippen LogP contribution < -0.4 is 14.8 Å². The van der Waals surface area contributed by atoms with Crippen LogP contribution in [0.25, 0.3) is 10.6 Å². The molecule has 0 saturated carbocycles. The Hall–Kier alpha value is -3.72. The first kappa shape index (κ1) is 21.5. The van der Waals surface area contributed by atoms with Crippen molar-refractivity contribution in [1.82, 2.24) is 15.1 Å². The summed E-state index contributed by atoms with van der Waals surface area (Å²) in [5.41, 5.74) is 2.41. The molecule has 0 atom stereocenters. The number of anilines is 1. The van der Waals surface area contributed by atoms with Crippen LogP contribution in [0.15, 0.2) is 58.4 Å². The number of carbonyl (C=O) groups is 1. The summed E-state index contributed by atoms with van der Waals surface area (Å²) in [5, 5.41) is 9.43. The van der Waals surface area contributed by atoms with Crippen LogP contribution in [-0.2, 0) is 17.8 Å². The molecule has 164 valence electrons. The van der Waals surface area contributed by atoms with Gasteiger partial charge in [-0.3, -0.25) is 4.79 Å². The smallest absolute Gasteiger partial charge is 0.230 e. The highest BCUT2D eigenvalue weighted by Gasteiger charge is 2.10. The number of aromatic nitrogens is 3. The molecule has 0 aliphatic heterocycles. The van der Waals surface area contributed by atoms with Crippen LogP contribution in [0.1, 0.15) is 24.3 Å². The zero-order chi connectivity index (χ0) is 22.3. The third-order valence-electron chi connectivity index (χ3n) is 4.38. The summed E-state index contributed by atoms with van der Waals surface area (Å²) in [6.07, 6.45) is 0.197. The first-order valence-corrected chi connectivity index (χ1v) is 11.0. The van der Waals surface area contributed by atoms with E-state index in [1.165, 1.54) is 11.3 Å². The molecule has 2 aromatic heterocycles. The zero-order valence-corrected chi connectivity index (χ0v) is 18.5. The second-order valence-electron chi connectivity index (χ2n) is 6.87. The van der Waals surface area contributed by atoms with Crippen LogP contribution in [0.5, 0.6) is 11.5 Å². The number of thiazole rings is 1. The molecule has 2 heterocycles. The van der Waals surface area contributed by atoms with Crippen molar-refractivity contribution in [3.63, 3.8) is 0 Å². The van der Waals surface area contributed by atoms with E-state index in [1.54, 1.807) is 31.2 Å². The second-order valence-corrected chi connectivity index (χ2v) is 7.73. The van der Waals surface area contributed by atoms with Gasteiger partial charge in [-0.15, -0.1) is 11.3 Å². The van der Waals surface area contributed by atoms with Crippen molar-refractivity contribution in [2.24, 2.45) is 0 Å². The number of nitrogens with one attached hydrogen (secondary N) is 1. The van der Waals surface area contributed by atoms with Gasteiger partial charge in [0, 0.05) is 23.6 Å². The summed E-state index contributed by atoms with van der Waals surface area (Å²) < 4.78 is 16.0. The van der Waals surface area contributed by atoms with Gasteiger partial charge in [0.15, 0.2) is 6.61 Å². The minimum absolute atomic E-state index is 0.135. The van der Waals surface area contributed by atoms with Crippen molar-refractivity contribution in [2.45, 2.75) is 26.9 Å². The molecule has 8 nitrogen and oxygen atoms in total. The molecule has 4 aromatic rings. The van der Waals surface area contributed by atoms with Crippen molar-refractivity contribution in [2.75, 3.05) is 11.9 Å². The molecule has 2 aromatic carbocycles. The fraction of sp³-hybridized carbons (Fsp3) is 0.217. The molecule has 0 spiro atoms. The number of carbonyl (C=O) groups excluding carboxylic acids is 1. The molecule has 0 saturated heterocycles. The summed E-state index contributed by atoms with van der Waals surface area (Å²) in [4.78, 5) is 21.1. The minimum Gasteiger partial charge on any atom is -0.494 e. The molecule has 0 aliphatic carbocycles. The van der Waals surface area contributed by atoms with Crippen LogP contribution in [-0.4, -0.2) is 27.6 Å². The fourth-order valence-electron chi connectivity index (χ4n) is 2.93. The minimum atomic E-state index is -0.135. The van der Waals surface area contributed by atoms with E-state index in [0.717, 1.165) is 22.0 Å². The standard InChI is InChI=1S/C23H22N4O4S/c1-3-29-19-8-4-16(5-9-19)23-26-18(14-32-23)12-22(28)25-17-6-10-20(11-7-17)30-13-21-24-15(2)31-27-21/h4-11,14H,3,12-13H2,1-2H3,(H,25,28). The molecule has 4 rings (SSSR count). The highest BCUT2D eigenvalue weighted by atomic mass is 32.1. The molecular formula is C23H22N4O4S. The number of ether oxygens (including phenoxy) is 2. The Balaban J connectivity index is 1.29. The molecule has 9 heteroatoms. The van der Waals surface area contributed by atoms with Gasteiger partial charge in [0.05, 0.1) is 18.7 Å². The van der Waals surface area contributed by atoms with Gasteiger partial charge >= 0.3 is 0 Å². The summed E-state index contributed by atoms with van der Waals surface area (Å²) in [6.45, 7) is 4.52. The molecule has 0 bridgehead atoms. The van der Waals surface area contributed by atoms with Crippen LogP contribution in [0.3, 0.4) is 0 Å². The lowest BCUT2D eigenvalue weighted by Crippen LogP contribution is -2.14. The van der Waals surface area contributed by atoms with Crippen LogP contribution in [0, 0.1) is 6.92 Å². The quantitative estimate of drug-likeness (QED) is 0.396. The Morgan fingerprint density at radius 2 is 1.75 bits per heavy atom. The lowest BCUT2D eigenvalue weighted by Gasteiger charge is -2.07. The molecule has 1 amide bonds. The van der Waals surface area contributed by atoms with Crippen molar-refractivity contribution in [3.05, 3.63) is 71.3 Å². The van der Waals surface area contributed by atoms with Gasteiger partial charge in [0.25, 0.3) is 0 Å². The van der Waals surface area contributed by atoms with Gasteiger partial charge in [-0.25, -0.2) is 4.98 Å². The lowest BCUT2D eigenvalue weighted by molar-refractivity contribution is -0.115. The summed E-state index contributed by atoms with van der Waals surface area (Å²) in [7, 11) is 0. The van der Waals surface area contributed by atoms with Crippen LogP contribution in [0.4, 0.5) is 5.69 Å². The van der Waals surface area contributed by atoms with E-state index in [9.17, 15) is 4.79 Å². The predicted molar refractivity (Wildman–Crippen MR) is 121 cm³/mol. The number of hydrogen-bond donors (Lipinski definition) is 1. The van der Waals surface area contributed by atoms with Crippen LogP contribution >= 0.6 is 11.3 Å². The monoisotopic (exact) mass is 450 g/mol. The third-order valence-corrected chi connectivity index (χ3v) is 5.32. The summed E-state index contributed by atoms with van der Waals surface area (Å²) >= 11 is 1.51. The van der Waals surface area contributed by atoms with E-state index in [2.05, 4.69) is 20.4 Å². The Labute approximate surface area is 189 Å². The first-order valence-electron chi connectivity index (χ1n) is 10.1. The van der Waals surface area contributed by atoms with Crippen molar-refractivity contribution in [3.8, 4) is 22.1 Å². The van der Waals surface area contributed by atoms with Crippen molar-refractivity contribution in [1.29, 1.82) is 0 Å². The molecule has 1 N–H and O–H groups in total. The Bertz CT molecular complexity index is 1170. The van der Waals surface area contributed by atoms with Gasteiger partial charge in [0.2, 0.25) is 17.6 Å². The molecule has 0 aliphatic rings. The van der Waals surface area contributed by atoms with Crippen LogP contribution in [0.2, 0.25) is 0 Å². The maximum Gasteiger partial charge on any atom is 0.230 e. The van der Waals surface area contributed by atoms with E-state index >= 15 is 0 Å². The van der Waals surface area contributed by atoms with Gasteiger partial charge in [-0.1, -0.05) is 5.16 Å². The van der Waals surface area contributed by atoms with Gasteiger partial charge in [0.1, 0.15) is 16.5 Å². The van der Waals surface area contributed by atoms with E-state index in [4.69, 9.17) is 14.0 Å². The average molecular weight is 451 g/mol. The van der Waals surface area contributed by atoms with E-state index in [1.807, 2.05) is 36.6 Å². The van der Waals surface area contributed by atoms with Crippen molar-refractivity contribution >= 4 is 22.9 Å². The SMILES string of the molecule is CCOc1ccc(-c2nc(CC(=O)Nc3ccc(OCc4noc(C)n4)cc3)cs2)cc1. The predicted octanol–water partition coefficient (Wildman–Crippen LogP) is 4.66. The number of nitrogens with zero attached hydrogens (tertiary/aromatic N) is 3. The summed E-state index contributed by atoms with van der Waals surface area (Å²) in [6, 6.07) is 14.9. The Kier molecular flexibility index (Phi) is 6.76. The largest absolute Gasteiger partial charge is 0.494 e. The maximum atomic E-state index is 12.4. The topological polar surface area (TPSA) is 99.4 Å². The van der Waals surface area contributed by atoms with Gasteiger partial charge < -0.3 is 19.3 Å². The third kappa shape index (κ3) is 5.70. The van der Waals surface area contributed by atoms with Crippen molar-refractivity contribution < 1.29 is 18.8 Å². The lowest BCUT2D eigenvalue weighted by atomic mass is 10.2. The molecule has 0 unspecified atom stereocenters. The highest BCUT2D eigenvalue weighted by Crippen LogP contribution is 2.26. The normalized spacial score (nSPS) is 10.7. The average Bonchev–Trinajstić information content (AvgIpc) is 3.43. The number of benzene rings is 2. The molecular weight excluding hydrogens is 428 g/mol. The summed E-state index contributed by atoms with van der Waals surface area (Å²) in [5.74, 6) is 2.31. The van der Waals surface area contributed by atoms with Gasteiger partial charge in [-0.2, -0.15) is 4.98 Å². The first-order chi connectivity index (χ1) is 15.6. The second kappa shape index (κ2) is 10.1. The Morgan fingerprint density at radius 1 is 1.03 bits per heavy atom. The van der Waals surface area contributed by atoms with E-state index < -0.39 is 0 Å². The Morgan fingerprint density at radius 3 is 2.44 bits per heavy atom. The molecule has 32 heavy (non-hydrogen) atoms. The number of hydrogen-bond acceptors (Lipinski definition) is 8. The zero-order valence-electron chi connectivity index (χ0n) is 17.7.